The fourth-order valence-corrected chi connectivity index (χ4v) is 2.06. The number of methoxy groups -OCH3 is 1. The first-order chi connectivity index (χ1) is 10.1. The van der Waals surface area contributed by atoms with Gasteiger partial charge in [-0.15, -0.1) is 0 Å². The molecule has 1 amide bonds. The Morgan fingerprint density at radius 3 is 2.67 bits per heavy atom. The van der Waals surface area contributed by atoms with Crippen LogP contribution in [0, 0.1) is 0 Å². The van der Waals surface area contributed by atoms with Gasteiger partial charge < -0.3 is 15.2 Å². The molecule has 0 aliphatic heterocycles. The van der Waals surface area contributed by atoms with Gasteiger partial charge in [0.25, 0.3) is 5.91 Å². The summed E-state index contributed by atoms with van der Waals surface area (Å²) in [5.74, 6) is 0.0676. The molecule has 110 valence electrons. The van der Waals surface area contributed by atoms with Crippen LogP contribution in [0.1, 0.15) is 22.8 Å². The largest absolute Gasteiger partial charge is 0.494 e. The van der Waals surface area contributed by atoms with Crippen LogP contribution in [-0.4, -0.2) is 29.7 Å². The first kappa shape index (κ1) is 15.0. The van der Waals surface area contributed by atoms with Crippen molar-refractivity contribution in [1.29, 1.82) is 0 Å². The highest BCUT2D eigenvalue weighted by Crippen LogP contribution is 2.22. The Morgan fingerprint density at radius 1 is 1.33 bits per heavy atom. The van der Waals surface area contributed by atoms with Gasteiger partial charge in [-0.2, -0.15) is 0 Å². The van der Waals surface area contributed by atoms with Gasteiger partial charge in [0.2, 0.25) is 0 Å². The van der Waals surface area contributed by atoms with Gasteiger partial charge in [-0.3, -0.25) is 9.78 Å². The molecule has 21 heavy (non-hydrogen) atoms. The van der Waals surface area contributed by atoms with Crippen molar-refractivity contribution in [2.45, 2.75) is 12.5 Å². The number of benzene rings is 1. The molecule has 0 aliphatic carbocycles. The lowest BCUT2D eigenvalue weighted by Gasteiger charge is -2.29. The van der Waals surface area contributed by atoms with Crippen LogP contribution in [0.25, 0.3) is 0 Å². The van der Waals surface area contributed by atoms with Gasteiger partial charge in [-0.05, 0) is 18.6 Å². The molecule has 0 saturated heterocycles. The van der Waals surface area contributed by atoms with Gasteiger partial charge in [-0.25, -0.2) is 0 Å². The van der Waals surface area contributed by atoms with E-state index in [1.54, 1.807) is 13.0 Å². The van der Waals surface area contributed by atoms with E-state index in [1.807, 2.05) is 30.3 Å². The molecule has 1 aromatic carbocycles. The highest BCUT2D eigenvalue weighted by Gasteiger charge is 2.29. The monoisotopic (exact) mass is 286 g/mol. The van der Waals surface area contributed by atoms with Crippen LogP contribution in [0.2, 0.25) is 0 Å². The molecule has 1 aromatic heterocycles. The molecule has 2 rings (SSSR count). The molecule has 1 heterocycles. The third-order valence-corrected chi connectivity index (χ3v) is 3.37. The van der Waals surface area contributed by atoms with Crippen molar-refractivity contribution in [3.8, 4) is 5.75 Å². The number of carbonyl (C=O) groups excluding carboxylic acids is 1. The summed E-state index contributed by atoms with van der Waals surface area (Å²) in [6, 6.07) is 10.9. The normalized spacial score (nSPS) is 13.3. The topological polar surface area (TPSA) is 71.5 Å². The molecule has 1 atom stereocenters. The molecule has 5 heteroatoms. The average molecular weight is 286 g/mol. The number of amides is 1. The van der Waals surface area contributed by atoms with E-state index < -0.39 is 5.54 Å². The van der Waals surface area contributed by atoms with Crippen molar-refractivity contribution in [2.24, 2.45) is 0 Å². The van der Waals surface area contributed by atoms with E-state index >= 15 is 0 Å². The first-order valence-corrected chi connectivity index (χ1v) is 6.57. The second kappa shape index (κ2) is 6.37. The van der Waals surface area contributed by atoms with Crippen molar-refractivity contribution in [3.63, 3.8) is 0 Å². The molecule has 0 radical (unpaired) electrons. The maximum atomic E-state index is 12.4. The number of pyridine rings is 1. The number of nitrogens with one attached hydrogen (secondary N) is 1. The van der Waals surface area contributed by atoms with Crippen LogP contribution in [0.3, 0.4) is 0 Å². The fourth-order valence-electron chi connectivity index (χ4n) is 2.06. The summed E-state index contributed by atoms with van der Waals surface area (Å²) in [7, 11) is 1.48. The van der Waals surface area contributed by atoms with E-state index in [-0.39, 0.29) is 12.5 Å². The van der Waals surface area contributed by atoms with Crippen LogP contribution >= 0.6 is 0 Å². The highest BCUT2D eigenvalue weighted by atomic mass is 16.5. The third kappa shape index (κ3) is 3.20. The molecule has 0 saturated carbocycles. The fraction of sp³-hybridized carbons (Fsp3) is 0.250. The number of rotatable bonds is 5. The van der Waals surface area contributed by atoms with Gasteiger partial charge >= 0.3 is 0 Å². The predicted molar refractivity (Wildman–Crippen MR) is 79.1 cm³/mol. The summed E-state index contributed by atoms with van der Waals surface area (Å²) >= 11 is 0. The Morgan fingerprint density at radius 2 is 2.05 bits per heavy atom. The Bertz CT molecular complexity index is 616. The van der Waals surface area contributed by atoms with Gasteiger partial charge in [0, 0.05) is 6.20 Å². The SMILES string of the molecule is COc1cnccc1C(=O)NC(C)(CO)c1ccccc1. The Labute approximate surface area is 123 Å². The zero-order valence-corrected chi connectivity index (χ0v) is 12.0. The van der Waals surface area contributed by atoms with Crippen LogP contribution < -0.4 is 10.1 Å². The van der Waals surface area contributed by atoms with E-state index in [4.69, 9.17) is 4.74 Å². The summed E-state index contributed by atoms with van der Waals surface area (Å²) in [4.78, 5) is 16.4. The molecule has 0 fully saturated rings. The van der Waals surface area contributed by atoms with Crippen LogP contribution in [0.15, 0.2) is 48.8 Å². The minimum absolute atomic E-state index is 0.212. The molecule has 2 aromatic rings. The molecule has 1 unspecified atom stereocenters. The van der Waals surface area contributed by atoms with Crippen LogP contribution in [-0.2, 0) is 5.54 Å². The third-order valence-electron chi connectivity index (χ3n) is 3.37. The predicted octanol–water partition coefficient (Wildman–Crippen LogP) is 1.73. The number of aliphatic hydroxyl groups excluding tert-OH is 1. The number of carbonyl (C=O) groups is 1. The minimum atomic E-state index is -0.868. The number of aliphatic hydroxyl groups is 1. The van der Waals surface area contributed by atoms with E-state index in [9.17, 15) is 9.90 Å². The van der Waals surface area contributed by atoms with Crippen LogP contribution in [0.4, 0.5) is 0 Å². The number of hydrogen-bond donors (Lipinski definition) is 2. The van der Waals surface area contributed by atoms with Crippen molar-refractivity contribution in [3.05, 3.63) is 59.9 Å². The zero-order chi connectivity index (χ0) is 15.3. The van der Waals surface area contributed by atoms with Crippen LogP contribution in [0.5, 0.6) is 5.75 Å². The molecule has 2 N–H and O–H groups in total. The van der Waals surface area contributed by atoms with Gasteiger partial charge in [-0.1, -0.05) is 30.3 Å². The van der Waals surface area contributed by atoms with Crippen molar-refractivity contribution in [1.82, 2.24) is 10.3 Å². The molecule has 0 aliphatic rings. The maximum Gasteiger partial charge on any atom is 0.255 e. The first-order valence-electron chi connectivity index (χ1n) is 6.57. The van der Waals surface area contributed by atoms with Crippen molar-refractivity contribution in [2.75, 3.05) is 13.7 Å². The molecule has 5 nitrogen and oxygen atoms in total. The number of nitrogens with zero attached hydrogens (tertiary/aromatic N) is 1. The summed E-state index contributed by atoms with van der Waals surface area (Å²) in [6.07, 6.45) is 3.00. The quantitative estimate of drug-likeness (QED) is 0.878. The minimum Gasteiger partial charge on any atom is -0.494 e. The number of aromatic nitrogens is 1. The number of ether oxygens (including phenoxy) is 1. The lowest BCUT2D eigenvalue weighted by Crippen LogP contribution is -2.46. The Kier molecular flexibility index (Phi) is 4.55. The van der Waals surface area contributed by atoms with Crippen molar-refractivity contribution < 1.29 is 14.6 Å². The lowest BCUT2D eigenvalue weighted by atomic mass is 9.92. The summed E-state index contributed by atoms with van der Waals surface area (Å²) in [5.41, 5.74) is 0.337. The summed E-state index contributed by atoms with van der Waals surface area (Å²) < 4.78 is 5.13. The van der Waals surface area contributed by atoms with Gasteiger partial charge in [0.05, 0.1) is 31.0 Å². The average Bonchev–Trinajstić information content (AvgIpc) is 2.55. The molecular formula is C16H18N2O3. The highest BCUT2D eigenvalue weighted by molar-refractivity contribution is 5.97. The van der Waals surface area contributed by atoms with E-state index in [1.165, 1.54) is 19.5 Å². The standard InChI is InChI=1S/C16H18N2O3/c1-16(11-19,12-6-4-3-5-7-12)18-15(20)13-8-9-17-10-14(13)21-2/h3-10,19H,11H2,1-2H3,(H,18,20). The van der Waals surface area contributed by atoms with E-state index in [2.05, 4.69) is 10.3 Å². The number of hydrogen-bond acceptors (Lipinski definition) is 4. The zero-order valence-electron chi connectivity index (χ0n) is 12.0. The van der Waals surface area contributed by atoms with E-state index in [0.717, 1.165) is 5.56 Å². The smallest absolute Gasteiger partial charge is 0.255 e. The van der Waals surface area contributed by atoms with Gasteiger partial charge in [0.1, 0.15) is 5.75 Å². The Balaban J connectivity index is 2.28. The second-order valence-electron chi connectivity index (χ2n) is 4.89. The maximum absolute atomic E-state index is 12.4. The molecular weight excluding hydrogens is 268 g/mol. The second-order valence-corrected chi connectivity index (χ2v) is 4.89. The summed E-state index contributed by atoms with van der Waals surface area (Å²) in [5, 5.41) is 12.6. The molecule has 0 bridgehead atoms. The lowest BCUT2D eigenvalue weighted by molar-refractivity contribution is 0.0846. The van der Waals surface area contributed by atoms with E-state index in [0.29, 0.717) is 11.3 Å². The molecule has 0 spiro atoms. The summed E-state index contributed by atoms with van der Waals surface area (Å²) in [6.45, 7) is 1.56. The van der Waals surface area contributed by atoms with Crippen molar-refractivity contribution >= 4 is 5.91 Å². The Hall–Kier alpha value is -2.40. The van der Waals surface area contributed by atoms with Gasteiger partial charge in [0.15, 0.2) is 0 Å².